The van der Waals surface area contributed by atoms with Crippen molar-refractivity contribution in [2.75, 3.05) is 26.7 Å². The molecule has 1 N–H and O–H groups in total. The maximum atomic E-state index is 9.87. The lowest BCUT2D eigenvalue weighted by atomic mass is 9.88. The smallest absolute Gasteiger partial charge is 0.119 e. The summed E-state index contributed by atoms with van der Waals surface area (Å²) in [5.41, 5.74) is 5.95. The van der Waals surface area contributed by atoms with Crippen molar-refractivity contribution in [3.05, 3.63) is 95.6 Å². The fourth-order valence-corrected chi connectivity index (χ4v) is 5.33. The topological polar surface area (TPSA) is 32.7 Å². The minimum atomic E-state index is 0.280. The molecule has 0 amide bonds. The van der Waals surface area contributed by atoms with Crippen LogP contribution >= 0.6 is 0 Å². The lowest BCUT2D eigenvalue weighted by Gasteiger charge is -2.18. The third-order valence-electron chi connectivity index (χ3n) is 7.71. The maximum Gasteiger partial charge on any atom is 0.119 e. The third-order valence-corrected chi connectivity index (χ3v) is 7.71. The van der Waals surface area contributed by atoms with E-state index < -0.39 is 0 Å². The first-order valence-electron chi connectivity index (χ1n) is 15.6. The second-order valence-electron chi connectivity index (χ2n) is 11.0. The number of phenols is 1. The van der Waals surface area contributed by atoms with Crippen molar-refractivity contribution < 1.29 is 9.84 Å². The number of likely N-dealkylation sites (N-methyl/N-ethyl adjacent to an activating group) is 1. The highest BCUT2D eigenvalue weighted by atomic mass is 16.5. The molecule has 3 aromatic carbocycles. The molecule has 0 fully saturated rings. The van der Waals surface area contributed by atoms with E-state index in [-0.39, 0.29) is 5.75 Å². The van der Waals surface area contributed by atoms with E-state index in [1.807, 2.05) is 12.1 Å². The van der Waals surface area contributed by atoms with Crippen LogP contribution in [0.5, 0.6) is 11.5 Å². The number of hydrogen-bond acceptors (Lipinski definition) is 3. The molecule has 0 bridgehead atoms. The van der Waals surface area contributed by atoms with Crippen LogP contribution in [0.15, 0.2) is 78.9 Å². The highest BCUT2D eigenvalue weighted by Crippen LogP contribution is 2.35. The number of unbranched alkanes of at least 4 members (excludes halogenated alkanes) is 9. The Balaban J connectivity index is 1.49. The Morgan fingerprint density at radius 3 is 1.75 bits per heavy atom. The van der Waals surface area contributed by atoms with Crippen molar-refractivity contribution in [3.8, 4) is 11.5 Å². The summed E-state index contributed by atoms with van der Waals surface area (Å²) in [4.78, 5) is 2.39. The van der Waals surface area contributed by atoms with Gasteiger partial charge in [-0.2, -0.15) is 0 Å². The van der Waals surface area contributed by atoms with Crippen LogP contribution in [0.3, 0.4) is 0 Å². The monoisotopic (exact) mass is 541 g/mol. The van der Waals surface area contributed by atoms with Gasteiger partial charge >= 0.3 is 0 Å². The maximum absolute atomic E-state index is 9.87. The number of allylic oxidation sites excluding steroid dienone is 1. The Morgan fingerprint density at radius 1 is 0.625 bits per heavy atom. The molecule has 0 aliphatic rings. The average molecular weight is 542 g/mol. The van der Waals surface area contributed by atoms with Crippen molar-refractivity contribution in [1.29, 1.82) is 0 Å². The number of ether oxygens (including phenoxy) is 1. The summed E-state index contributed by atoms with van der Waals surface area (Å²) < 4.78 is 6.11. The van der Waals surface area contributed by atoms with Gasteiger partial charge in [-0.05, 0) is 78.5 Å². The van der Waals surface area contributed by atoms with E-state index in [4.69, 9.17) is 4.74 Å². The molecule has 3 aromatic rings. The van der Waals surface area contributed by atoms with Crippen LogP contribution in [0.4, 0.5) is 0 Å². The number of nitrogens with zero attached hydrogens (tertiary/aromatic N) is 1. The summed E-state index contributed by atoms with van der Waals surface area (Å²) in [6, 6.07) is 26.6. The Labute approximate surface area is 243 Å². The van der Waals surface area contributed by atoms with Crippen LogP contribution in [-0.4, -0.2) is 36.8 Å². The summed E-state index contributed by atoms with van der Waals surface area (Å²) in [5, 5.41) is 9.87. The fraction of sp³-hybridized carbons (Fsp3) is 0.459. The standard InChI is InChI=1S/C37H51NO2/c1-4-6-7-8-9-10-11-12-13-17-28-38(3)29-30-40-35-26-22-33(23-27-35)37(32-20-24-34(39)25-21-32)36(5-2)31-18-15-14-16-19-31/h14-16,18-27,39H,4-13,17,28-30H2,1-3H3/b37-36-. The van der Waals surface area contributed by atoms with Gasteiger partial charge in [0.05, 0.1) is 0 Å². The summed E-state index contributed by atoms with van der Waals surface area (Å²) in [5.74, 6) is 1.18. The van der Waals surface area contributed by atoms with Crippen molar-refractivity contribution in [2.45, 2.75) is 84.5 Å². The van der Waals surface area contributed by atoms with Gasteiger partial charge in [0, 0.05) is 6.54 Å². The van der Waals surface area contributed by atoms with Crippen LogP contribution in [0.25, 0.3) is 11.1 Å². The largest absolute Gasteiger partial charge is 0.508 e. The Bertz CT molecular complexity index is 1100. The number of aromatic hydroxyl groups is 1. The predicted molar refractivity (Wildman–Crippen MR) is 172 cm³/mol. The molecule has 3 heteroatoms. The molecular weight excluding hydrogens is 490 g/mol. The molecule has 40 heavy (non-hydrogen) atoms. The van der Waals surface area contributed by atoms with Gasteiger partial charge in [0.15, 0.2) is 0 Å². The molecule has 3 rings (SSSR count). The summed E-state index contributed by atoms with van der Waals surface area (Å²) in [7, 11) is 2.20. The first-order valence-corrected chi connectivity index (χ1v) is 15.6. The lowest BCUT2D eigenvalue weighted by molar-refractivity contribution is 0.234. The summed E-state index contributed by atoms with van der Waals surface area (Å²) >= 11 is 0. The van der Waals surface area contributed by atoms with Crippen molar-refractivity contribution >= 4 is 11.1 Å². The lowest BCUT2D eigenvalue weighted by Crippen LogP contribution is -2.25. The van der Waals surface area contributed by atoms with Crippen LogP contribution in [0.2, 0.25) is 0 Å². The van der Waals surface area contributed by atoms with Gasteiger partial charge in [-0.15, -0.1) is 0 Å². The molecule has 0 heterocycles. The zero-order valence-corrected chi connectivity index (χ0v) is 25.2. The van der Waals surface area contributed by atoms with E-state index in [0.29, 0.717) is 6.61 Å². The summed E-state index contributed by atoms with van der Waals surface area (Å²) in [6.45, 7) is 7.25. The molecule has 216 valence electrons. The SMILES string of the molecule is CCCCCCCCCCCCN(C)CCOc1ccc(/C(=C(/CC)c2ccccc2)c2ccc(O)cc2)cc1. The molecule has 0 radical (unpaired) electrons. The zero-order valence-electron chi connectivity index (χ0n) is 25.2. The quantitative estimate of drug-likeness (QED) is 0.121. The normalized spacial score (nSPS) is 12.0. The fourth-order valence-electron chi connectivity index (χ4n) is 5.33. The van der Waals surface area contributed by atoms with E-state index in [1.165, 1.54) is 80.9 Å². The molecule has 0 spiro atoms. The second-order valence-corrected chi connectivity index (χ2v) is 11.0. The highest BCUT2D eigenvalue weighted by molar-refractivity contribution is 5.98. The van der Waals surface area contributed by atoms with Gasteiger partial charge < -0.3 is 14.7 Å². The zero-order chi connectivity index (χ0) is 28.4. The van der Waals surface area contributed by atoms with E-state index >= 15 is 0 Å². The van der Waals surface area contributed by atoms with Gasteiger partial charge in [-0.1, -0.05) is 126 Å². The van der Waals surface area contributed by atoms with Crippen LogP contribution < -0.4 is 4.74 Å². The average Bonchev–Trinajstić information content (AvgIpc) is 2.98. The van der Waals surface area contributed by atoms with E-state index in [0.717, 1.165) is 36.4 Å². The molecule has 0 saturated heterocycles. The Hall–Kier alpha value is -3.04. The molecule has 0 unspecified atom stereocenters. The predicted octanol–water partition coefficient (Wildman–Crippen LogP) is 9.99. The highest BCUT2D eigenvalue weighted by Gasteiger charge is 2.13. The minimum Gasteiger partial charge on any atom is -0.508 e. The summed E-state index contributed by atoms with van der Waals surface area (Å²) in [6.07, 6.45) is 14.7. The molecular formula is C37H51NO2. The Kier molecular flexibility index (Phi) is 14.4. The Morgan fingerprint density at radius 2 is 1.18 bits per heavy atom. The van der Waals surface area contributed by atoms with Gasteiger partial charge in [0.2, 0.25) is 0 Å². The van der Waals surface area contributed by atoms with Crippen molar-refractivity contribution in [2.24, 2.45) is 0 Å². The van der Waals surface area contributed by atoms with E-state index in [2.05, 4.69) is 80.4 Å². The van der Waals surface area contributed by atoms with Crippen LogP contribution in [0, 0.1) is 0 Å². The van der Waals surface area contributed by atoms with Gasteiger partial charge in [-0.3, -0.25) is 0 Å². The third kappa shape index (κ3) is 10.8. The minimum absolute atomic E-state index is 0.280. The molecule has 0 aliphatic carbocycles. The van der Waals surface area contributed by atoms with Gasteiger partial charge in [0.25, 0.3) is 0 Å². The number of rotatable bonds is 19. The molecule has 0 aliphatic heterocycles. The number of benzene rings is 3. The molecule has 0 saturated carbocycles. The molecule has 3 nitrogen and oxygen atoms in total. The van der Waals surface area contributed by atoms with E-state index in [1.54, 1.807) is 12.1 Å². The van der Waals surface area contributed by atoms with Crippen LogP contribution in [-0.2, 0) is 0 Å². The number of phenolic OH excluding ortho intramolecular Hbond substituents is 1. The molecule has 0 atom stereocenters. The van der Waals surface area contributed by atoms with Crippen LogP contribution in [0.1, 0.15) is 101 Å². The first-order chi connectivity index (χ1) is 19.6. The number of hydrogen-bond donors (Lipinski definition) is 1. The van der Waals surface area contributed by atoms with Gasteiger partial charge in [-0.25, -0.2) is 0 Å². The van der Waals surface area contributed by atoms with Crippen molar-refractivity contribution in [1.82, 2.24) is 4.90 Å². The second kappa shape index (κ2) is 18.3. The molecule has 0 aromatic heterocycles. The first kappa shape index (κ1) is 31.5. The van der Waals surface area contributed by atoms with Crippen molar-refractivity contribution in [3.63, 3.8) is 0 Å². The van der Waals surface area contributed by atoms with Gasteiger partial charge in [0.1, 0.15) is 18.1 Å². The van der Waals surface area contributed by atoms with E-state index in [9.17, 15) is 5.11 Å².